The number of hydrogen-bond donors (Lipinski definition) is 1. The normalized spacial score (nSPS) is 10.2. The van der Waals surface area contributed by atoms with Crippen molar-refractivity contribution in [2.24, 2.45) is 0 Å². The molecular formula is C14H14FN3O2. The van der Waals surface area contributed by atoms with Gasteiger partial charge in [-0.05, 0) is 36.6 Å². The first-order valence-electron chi connectivity index (χ1n) is 6.24. The number of halogens is 1. The van der Waals surface area contributed by atoms with Crippen molar-refractivity contribution in [3.63, 3.8) is 0 Å². The number of nitrogens with zero attached hydrogens (tertiary/aromatic N) is 2. The van der Waals surface area contributed by atoms with Gasteiger partial charge in [-0.25, -0.2) is 9.37 Å². The van der Waals surface area contributed by atoms with E-state index < -0.39 is 4.92 Å². The Morgan fingerprint density at radius 1 is 1.30 bits per heavy atom. The molecule has 5 nitrogen and oxygen atoms in total. The first-order valence-corrected chi connectivity index (χ1v) is 6.24. The molecule has 2 rings (SSSR count). The van der Waals surface area contributed by atoms with Crippen molar-refractivity contribution in [3.05, 3.63) is 64.1 Å². The quantitative estimate of drug-likeness (QED) is 0.499. The van der Waals surface area contributed by atoms with Crippen LogP contribution in [0.15, 0.2) is 42.6 Å². The molecule has 104 valence electrons. The minimum Gasteiger partial charge on any atom is -0.364 e. The van der Waals surface area contributed by atoms with E-state index in [4.69, 9.17) is 0 Å². The Labute approximate surface area is 115 Å². The molecule has 0 aliphatic carbocycles. The van der Waals surface area contributed by atoms with E-state index in [1.807, 2.05) is 6.07 Å². The maximum Gasteiger partial charge on any atom is 0.311 e. The summed E-state index contributed by atoms with van der Waals surface area (Å²) < 4.78 is 13.0. The summed E-state index contributed by atoms with van der Waals surface area (Å²) >= 11 is 0. The van der Waals surface area contributed by atoms with E-state index in [-0.39, 0.29) is 17.3 Å². The number of anilines is 1. The summed E-state index contributed by atoms with van der Waals surface area (Å²) in [4.78, 5) is 14.3. The van der Waals surface area contributed by atoms with E-state index in [1.54, 1.807) is 6.07 Å². The highest BCUT2D eigenvalue weighted by Gasteiger charge is 2.12. The van der Waals surface area contributed by atoms with Gasteiger partial charge in [0.2, 0.25) is 5.82 Å². The van der Waals surface area contributed by atoms with Crippen molar-refractivity contribution in [1.82, 2.24) is 4.98 Å². The first-order chi connectivity index (χ1) is 9.66. The molecule has 0 atom stereocenters. The van der Waals surface area contributed by atoms with Gasteiger partial charge in [0.15, 0.2) is 0 Å². The number of nitrogens with one attached hydrogen (secondary N) is 1. The van der Waals surface area contributed by atoms with Gasteiger partial charge in [0.25, 0.3) is 0 Å². The van der Waals surface area contributed by atoms with Crippen LogP contribution < -0.4 is 5.32 Å². The number of aromatic nitrogens is 1. The zero-order valence-corrected chi connectivity index (χ0v) is 10.8. The summed E-state index contributed by atoms with van der Waals surface area (Å²) in [5.41, 5.74) is 0.862. The van der Waals surface area contributed by atoms with E-state index in [1.165, 1.54) is 30.5 Å². The standard InChI is InChI=1S/C14H14FN3O2/c15-12-6-1-4-11(10-12)5-2-8-16-14-13(18(19)20)7-3-9-17-14/h1,3-4,6-7,9-10H,2,5,8H2,(H,16,17). The lowest BCUT2D eigenvalue weighted by molar-refractivity contribution is -0.384. The fourth-order valence-electron chi connectivity index (χ4n) is 1.87. The molecule has 0 radical (unpaired) electrons. The largest absolute Gasteiger partial charge is 0.364 e. The molecule has 0 bridgehead atoms. The van der Waals surface area contributed by atoms with Crippen molar-refractivity contribution in [3.8, 4) is 0 Å². The third-order valence-electron chi connectivity index (χ3n) is 2.81. The van der Waals surface area contributed by atoms with Crippen LogP contribution >= 0.6 is 0 Å². The topological polar surface area (TPSA) is 68.1 Å². The van der Waals surface area contributed by atoms with E-state index in [2.05, 4.69) is 10.3 Å². The second-order valence-corrected chi connectivity index (χ2v) is 4.29. The zero-order valence-electron chi connectivity index (χ0n) is 10.8. The van der Waals surface area contributed by atoms with Crippen LogP contribution in [0.4, 0.5) is 15.9 Å². The van der Waals surface area contributed by atoms with Crippen molar-refractivity contribution >= 4 is 11.5 Å². The molecule has 0 fully saturated rings. The van der Waals surface area contributed by atoms with Crippen LogP contribution in [0.25, 0.3) is 0 Å². The number of aryl methyl sites for hydroxylation is 1. The van der Waals surface area contributed by atoms with Gasteiger partial charge in [0, 0.05) is 18.8 Å². The molecule has 0 unspecified atom stereocenters. The molecule has 20 heavy (non-hydrogen) atoms. The molecule has 1 heterocycles. The highest BCUT2D eigenvalue weighted by Crippen LogP contribution is 2.20. The second kappa shape index (κ2) is 6.60. The Kier molecular flexibility index (Phi) is 4.60. The average Bonchev–Trinajstić information content (AvgIpc) is 2.44. The minimum atomic E-state index is -0.470. The second-order valence-electron chi connectivity index (χ2n) is 4.29. The van der Waals surface area contributed by atoms with Gasteiger partial charge in [0.1, 0.15) is 5.82 Å². The summed E-state index contributed by atoms with van der Waals surface area (Å²) in [6.07, 6.45) is 2.93. The number of rotatable bonds is 6. The molecule has 1 aromatic heterocycles. The molecule has 0 amide bonds. The van der Waals surface area contributed by atoms with Crippen LogP contribution in [-0.2, 0) is 6.42 Å². The fourth-order valence-corrected chi connectivity index (χ4v) is 1.87. The maximum absolute atomic E-state index is 13.0. The molecule has 1 aromatic carbocycles. The molecule has 6 heteroatoms. The average molecular weight is 275 g/mol. The third-order valence-corrected chi connectivity index (χ3v) is 2.81. The summed E-state index contributed by atoms with van der Waals surface area (Å²) in [5, 5.41) is 13.7. The van der Waals surface area contributed by atoms with E-state index in [9.17, 15) is 14.5 Å². The van der Waals surface area contributed by atoms with Gasteiger partial charge in [-0.2, -0.15) is 0 Å². The smallest absolute Gasteiger partial charge is 0.311 e. The van der Waals surface area contributed by atoms with Crippen molar-refractivity contribution in [1.29, 1.82) is 0 Å². The Balaban J connectivity index is 1.86. The predicted molar refractivity (Wildman–Crippen MR) is 74.1 cm³/mol. The molecular weight excluding hydrogens is 261 g/mol. The highest BCUT2D eigenvalue weighted by atomic mass is 19.1. The molecule has 0 saturated carbocycles. The SMILES string of the molecule is O=[N+]([O-])c1cccnc1NCCCc1cccc(F)c1. The third kappa shape index (κ3) is 3.74. The fraction of sp³-hybridized carbons (Fsp3) is 0.214. The molecule has 0 aliphatic rings. The minimum absolute atomic E-state index is 0.0433. The van der Waals surface area contributed by atoms with E-state index in [0.29, 0.717) is 13.0 Å². The Hall–Kier alpha value is -2.50. The summed E-state index contributed by atoms with van der Waals surface area (Å²) in [7, 11) is 0. The monoisotopic (exact) mass is 275 g/mol. The van der Waals surface area contributed by atoms with Crippen LogP contribution in [0.5, 0.6) is 0 Å². The number of benzene rings is 1. The number of nitro groups is 1. The van der Waals surface area contributed by atoms with Gasteiger partial charge in [-0.15, -0.1) is 0 Å². The molecule has 2 aromatic rings. The van der Waals surface area contributed by atoms with Gasteiger partial charge >= 0.3 is 5.69 Å². The number of hydrogen-bond acceptors (Lipinski definition) is 4. The van der Waals surface area contributed by atoms with Crippen LogP contribution in [0.1, 0.15) is 12.0 Å². The zero-order chi connectivity index (χ0) is 14.4. The van der Waals surface area contributed by atoms with Crippen molar-refractivity contribution in [2.45, 2.75) is 12.8 Å². The van der Waals surface area contributed by atoms with Crippen LogP contribution in [0, 0.1) is 15.9 Å². The van der Waals surface area contributed by atoms with Crippen molar-refractivity contribution in [2.75, 3.05) is 11.9 Å². The Morgan fingerprint density at radius 2 is 2.15 bits per heavy atom. The molecule has 0 aliphatic heterocycles. The maximum atomic E-state index is 13.0. The molecule has 0 spiro atoms. The lowest BCUT2D eigenvalue weighted by atomic mass is 10.1. The van der Waals surface area contributed by atoms with Crippen LogP contribution in [-0.4, -0.2) is 16.5 Å². The van der Waals surface area contributed by atoms with Crippen molar-refractivity contribution < 1.29 is 9.31 Å². The Bertz CT molecular complexity index is 604. The molecule has 0 saturated heterocycles. The molecule has 1 N–H and O–H groups in total. The summed E-state index contributed by atoms with van der Waals surface area (Å²) in [6.45, 7) is 0.536. The number of pyridine rings is 1. The predicted octanol–water partition coefficient (Wildman–Crippen LogP) is 3.17. The van der Waals surface area contributed by atoms with Crippen LogP contribution in [0.3, 0.4) is 0 Å². The van der Waals surface area contributed by atoms with E-state index in [0.717, 1.165) is 12.0 Å². The van der Waals surface area contributed by atoms with Gasteiger partial charge in [0.05, 0.1) is 4.92 Å². The van der Waals surface area contributed by atoms with Gasteiger partial charge in [-0.1, -0.05) is 12.1 Å². The van der Waals surface area contributed by atoms with Gasteiger partial charge < -0.3 is 5.32 Å². The lowest BCUT2D eigenvalue weighted by Gasteiger charge is -2.06. The Morgan fingerprint density at radius 3 is 2.90 bits per heavy atom. The lowest BCUT2D eigenvalue weighted by Crippen LogP contribution is -2.07. The summed E-state index contributed by atoms with van der Waals surface area (Å²) in [5.74, 6) is 0.00700. The highest BCUT2D eigenvalue weighted by molar-refractivity contribution is 5.54. The summed E-state index contributed by atoms with van der Waals surface area (Å²) in [6, 6.07) is 9.34. The van der Waals surface area contributed by atoms with Crippen LogP contribution in [0.2, 0.25) is 0 Å². The first kappa shape index (κ1) is 13.9. The van der Waals surface area contributed by atoms with E-state index >= 15 is 0 Å². The van der Waals surface area contributed by atoms with Gasteiger partial charge in [-0.3, -0.25) is 10.1 Å².